The first-order valence-electron chi connectivity index (χ1n) is 9.65. The fourth-order valence-corrected chi connectivity index (χ4v) is 3.00. The third-order valence-corrected chi connectivity index (χ3v) is 4.48. The van der Waals surface area contributed by atoms with Crippen LogP contribution in [-0.4, -0.2) is 67.5 Å². The van der Waals surface area contributed by atoms with Gasteiger partial charge in [-0.05, 0) is 44.0 Å². The second-order valence-electron chi connectivity index (χ2n) is 6.60. The first-order valence-corrected chi connectivity index (χ1v) is 9.65. The predicted molar refractivity (Wildman–Crippen MR) is 102 cm³/mol. The van der Waals surface area contributed by atoms with E-state index in [1.165, 1.54) is 0 Å². The summed E-state index contributed by atoms with van der Waals surface area (Å²) in [6.45, 7) is 8.73. The molecule has 1 saturated heterocycles. The molecule has 0 bridgehead atoms. The van der Waals surface area contributed by atoms with Crippen LogP contribution in [0, 0.1) is 0 Å². The third kappa shape index (κ3) is 6.33. The lowest BCUT2D eigenvalue weighted by atomic mass is 10.2. The lowest BCUT2D eigenvalue weighted by molar-refractivity contribution is -0.122. The Balaban J connectivity index is 1.86. The van der Waals surface area contributed by atoms with Gasteiger partial charge in [0.1, 0.15) is 5.75 Å². The van der Waals surface area contributed by atoms with Gasteiger partial charge < -0.3 is 15.0 Å². The number of amides is 2. The fraction of sp³-hybridized carbons (Fsp3) is 0.600. The molecule has 0 saturated carbocycles. The molecule has 0 atom stereocenters. The summed E-state index contributed by atoms with van der Waals surface area (Å²) in [5, 5.41) is 2.82. The first kappa shape index (κ1) is 20.2. The molecule has 0 aromatic heterocycles. The monoisotopic (exact) mass is 361 g/mol. The van der Waals surface area contributed by atoms with Crippen LogP contribution in [-0.2, 0) is 4.79 Å². The second-order valence-corrected chi connectivity index (χ2v) is 6.60. The lowest BCUT2D eigenvalue weighted by Crippen LogP contribution is -2.40. The molecule has 2 amide bonds. The molecule has 1 fully saturated rings. The zero-order valence-electron chi connectivity index (χ0n) is 16.0. The van der Waals surface area contributed by atoms with Crippen molar-refractivity contribution in [1.82, 2.24) is 15.1 Å². The van der Waals surface area contributed by atoms with Gasteiger partial charge >= 0.3 is 0 Å². The number of rotatable bonds is 8. The largest absolute Gasteiger partial charge is 0.494 e. The number of hydrogen-bond acceptors (Lipinski definition) is 4. The summed E-state index contributed by atoms with van der Waals surface area (Å²) in [6.07, 6.45) is 3.01. The van der Waals surface area contributed by atoms with Crippen LogP contribution in [0.2, 0.25) is 0 Å². The number of nitrogens with one attached hydrogen (secondary N) is 1. The molecule has 1 aromatic rings. The summed E-state index contributed by atoms with van der Waals surface area (Å²) in [5.41, 5.74) is 0.685. The molecule has 0 aliphatic carbocycles. The number of nitrogens with zero attached hydrogens (tertiary/aromatic N) is 2. The fourth-order valence-electron chi connectivity index (χ4n) is 3.00. The normalized spacial score (nSPS) is 15.4. The van der Waals surface area contributed by atoms with E-state index in [0.29, 0.717) is 31.8 Å². The van der Waals surface area contributed by atoms with Crippen molar-refractivity contribution in [2.24, 2.45) is 0 Å². The minimum atomic E-state index is 0.0463. The molecule has 6 nitrogen and oxygen atoms in total. The van der Waals surface area contributed by atoms with Gasteiger partial charge in [0.2, 0.25) is 5.91 Å². The van der Waals surface area contributed by atoms with E-state index in [2.05, 4.69) is 17.1 Å². The molecule has 1 heterocycles. The Morgan fingerprint density at radius 1 is 1.08 bits per heavy atom. The summed E-state index contributed by atoms with van der Waals surface area (Å²) in [4.78, 5) is 28.5. The van der Waals surface area contributed by atoms with E-state index in [0.717, 1.165) is 44.6 Å². The maximum absolute atomic E-state index is 12.7. The number of carbonyl (C=O) groups excluding carboxylic acids is 2. The molecule has 144 valence electrons. The number of unbranched alkanes of at least 4 members (excludes halogenated alkanes) is 1. The van der Waals surface area contributed by atoms with Gasteiger partial charge in [-0.2, -0.15) is 0 Å². The highest BCUT2D eigenvalue weighted by Crippen LogP contribution is 2.15. The Labute approximate surface area is 156 Å². The molecule has 2 rings (SSSR count). The van der Waals surface area contributed by atoms with E-state index in [-0.39, 0.29) is 11.8 Å². The van der Waals surface area contributed by atoms with Crippen molar-refractivity contribution < 1.29 is 14.3 Å². The quantitative estimate of drug-likeness (QED) is 0.721. The molecule has 0 spiro atoms. The molecule has 26 heavy (non-hydrogen) atoms. The van der Waals surface area contributed by atoms with Crippen molar-refractivity contribution in [3.63, 3.8) is 0 Å². The molecular weight excluding hydrogens is 330 g/mol. The van der Waals surface area contributed by atoms with Gasteiger partial charge in [0.05, 0.1) is 13.2 Å². The Morgan fingerprint density at radius 2 is 1.85 bits per heavy atom. The molecule has 0 radical (unpaired) electrons. The van der Waals surface area contributed by atoms with Gasteiger partial charge in [0.25, 0.3) is 5.91 Å². The van der Waals surface area contributed by atoms with Crippen LogP contribution in [0.3, 0.4) is 0 Å². The van der Waals surface area contributed by atoms with E-state index in [4.69, 9.17) is 4.74 Å². The van der Waals surface area contributed by atoms with Crippen molar-refractivity contribution in [2.45, 2.75) is 33.1 Å². The molecule has 1 aliphatic heterocycles. The van der Waals surface area contributed by atoms with Crippen molar-refractivity contribution in [3.05, 3.63) is 29.8 Å². The average Bonchev–Trinajstić information content (AvgIpc) is 2.88. The highest BCUT2D eigenvalue weighted by Gasteiger charge is 2.21. The minimum absolute atomic E-state index is 0.0463. The van der Waals surface area contributed by atoms with Crippen LogP contribution < -0.4 is 10.1 Å². The van der Waals surface area contributed by atoms with Crippen LogP contribution in [0.5, 0.6) is 5.75 Å². The maximum Gasteiger partial charge on any atom is 0.253 e. The SMILES string of the molecule is CCCCOc1ccc(C(=O)N2CCCN(CC(=O)NCC)CC2)cc1. The molecule has 1 aromatic carbocycles. The van der Waals surface area contributed by atoms with Gasteiger partial charge in [-0.3, -0.25) is 14.5 Å². The highest BCUT2D eigenvalue weighted by atomic mass is 16.5. The van der Waals surface area contributed by atoms with E-state index >= 15 is 0 Å². The van der Waals surface area contributed by atoms with Gasteiger partial charge in [-0.25, -0.2) is 0 Å². The van der Waals surface area contributed by atoms with Crippen LogP contribution in [0.15, 0.2) is 24.3 Å². The summed E-state index contributed by atoms with van der Waals surface area (Å²) >= 11 is 0. The van der Waals surface area contributed by atoms with E-state index in [1.807, 2.05) is 36.1 Å². The third-order valence-electron chi connectivity index (χ3n) is 4.48. The van der Waals surface area contributed by atoms with Gasteiger partial charge in [0.15, 0.2) is 0 Å². The number of benzene rings is 1. The van der Waals surface area contributed by atoms with Gasteiger partial charge in [-0.15, -0.1) is 0 Å². The van der Waals surface area contributed by atoms with E-state index in [9.17, 15) is 9.59 Å². The Hall–Kier alpha value is -2.08. The minimum Gasteiger partial charge on any atom is -0.494 e. The van der Waals surface area contributed by atoms with Crippen molar-refractivity contribution in [3.8, 4) is 5.75 Å². The summed E-state index contributed by atoms with van der Waals surface area (Å²) in [5.74, 6) is 0.898. The summed E-state index contributed by atoms with van der Waals surface area (Å²) < 4.78 is 5.65. The predicted octanol–water partition coefficient (Wildman–Crippen LogP) is 2.15. The zero-order valence-corrected chi connectivity index (χ0v) is 16.0. The van der Waals surface area contributed by atoms with Crippen molar-refractivity contribution >= 4 is 11.8 Å². The van der Waals surface area contributed by atoms with Crippen molar-refractivity contribution in [2.75, 3.05) is 45.9 Å². The summed E-state index contributed by atoms with van der Waals surface area (Å²) in [7, 11) is 0. The standard InChI is InChI=1S/C20H31N3O3/c1-3-5-15-26-18-9-7-17(8-10-18)20(25)23-12-6-11-22(13-14-23)16-19(24)21-4-2/h7-10H,3-6,11-16H2,1-2H3,(H,21,24). The zero-order chi connectivity index (χ0) is 18.8. The Morgan fingerprint density at radius 3 is 2.54 bits per heavy atom. The smallest absolute Gasteiger partial charge is 0.253 e. The maximum atomic E-state index is 12.7. The van der Waals surface area contributed by atoms with Gasteiger partial charge in [-0.1, -0.05) is 13.3 Å². The topological polar surface area (TPSA) is 61.9 Å². The van der Waals surface area contributed by atoms with Crippen LogP contribution >= 0.6 is 0 Å². The highest BCUT2D eigenvalue weighted by molar-refractivity contribution is 5.94. The van der Waals surface area contributed by atoms with Crippen LogP contribution in [0.1, 0.15) is 43.5 Å². The lowest BCUT2D eigenvalue weighted by Gasteiger charge is -2.22. The van der Waals surface area contributed by atoms with E-state index < -0.39 is 0 Å². The molecule has 1 aliphatic rings. The average molecular weight is 361 g/mol. The molecule has 0 unspecified atom stereocenters. The van der Waals surface area contributed by atoms with E-state index in [1.54, 1.807) is 0 Å². The molecule has 1 N–H and O–H groups in total. The van der Waals surface area contributed by atoms with Crippen molar-refractivity contribution in [1.29, 1.82) is 0 Å². The number of ether oxygens (including phenoxy) is 1. The number of carbonyl (C=O) groups is 2. The molecule has 6 heteroatoms. The Bertz CT molecular complexity index is 574. The van der Waals surface area contributed by atoms with Gasteiger partial charge in [0, 0.05) is 38.3 Å². The second kappa shape index (κ2) is 10.8. The number of likely N-dealkylation sites (N-methyl/N-ethyl adjacent to an activating group) is 1. The molecular formula is C20H31N3O3. The van der Waals surface area contributed by atoms with Crippen LogP contribution in [0.25, 0.3) is 0 Å². The Kier molecular flexibility index (Phi) is 8.41. The van der Waals surface area contributed by atoms with Crippen LogP contribution in [0.4, 0.5) is 0 Å². The first-order chi connectivity index (χ1) is 12.6. The number of hydrogen-bond donors (Lipinski definition) is 1. The summed E-state index contributed by atoms with van der Waals surface area (Å²) in [6, 6.07) is 7.39.